The van der Waals surface area contributed by atoms with Gasteiger partial charge in [-0.2, -0.15) is 0 Å². The summed E-state index contributed by atoms with van der Waals surface area (Å²) in [6, 6.07) is 15.2. The third-order valence-corrected chi connectivity index (χ3v) is 7.16. The van der Waals surface area contributed by atoms with E-state index in [4.69, 9.17) is 9.47 Å². The molecule has 7 nitrogen and oxygen atoms in total. The van der Waals surface area contributed by atoms with Crippen LogP contribution in [0.2, 0.25) is 0 Å². The molecular formula is C26H24FN3O4S. The predicted molar refractivity (Wildman–Crippen MR) is 130 cm³/mol. The maximum absolute atomic E-state index is 13.2. The van der Waals surface area contributed by atoms with Gasteiger partial charge in [0.05, 0.1) is 5.56 Å². The van der Waals surface area contributed by atoms with Gasteiger partial charge in [0.15, 0.2) is 11.5 Å². The van der Waals surface area contributed by atoms with Gasteiger partial charge in [0.2, 0.25) is 12.7 Å². The average Bonchev–Trinajstić information content (AvgIpc) is 3.36. The largest absolute Gasteiger partial charge is 0.454 e. The zero-order chi connectivity index (χ0) is 24.2. The van der Waals surface area contributed by atoms with E-state index < -0.39 is 0 Å². The number of hydrogen-bond acceptors (Lipinski definition) is 6. The molecule has 2 aromatic carbocycles. The fourth-order valence-corrected chi connectivity index (χ4v) is 5.08. The van der Waals surface area contributed by atoms with Gasteiger partial charge in [-0.05, 0) is 54.8 Å². The first-order chi connectivity index (χ1) is 17.1. The van der Waals surface area contributed by atoms with E-state index in [1.165, 1.54) is 23.9 Å². The summed E-state index contributed by atoms with van der Waals surface area (Å²) in [5, 5.41) is 3.59. The molecule has 0 atom stereocenters. The number of thioether (sulfide) groups is 1. The number of nitrogens with one attached hydrogen (secondary N) is 1. The number of amides is 2. The minimum Gasteiger partial charge on any atom is -0.454 e. The number of benzene rings is 2. The Labute approximate surface area is 206 Å². The summed E-state index contributed by atoms with van der Waals surface area (Å²) in [5.41, 5.74) is 2.16. The maximum atomic E-state index is 13.2. The fourth-order valence-electron chi connectivity index (χ4n) is 4.13. The number of hydrogen-bond donors (Lipinski definition) is 1. The molecule has 35 heavy (non-hydrogen) atoms. The van der Waals surface area contributed by atoms with E-state index in [9.17, 15) is 14.0 Å². The fraction of sp³-hybridized carbons (Fsp3) is 0.269. The molecule has 1 N–H and O–H groups in total. The van der Waals surface area contributed by atoms with Crippen molar-refractivity contribution in [2.24, 2.45) is 5.92 Å². The molecule has 1 aromatic heterocycles. The van der Waals surface area contributed by atoms with Crippen molar-refractivity contribution in [3.8, 4) is 11.5 Å². The molecule has 0 aliphatic carbocycles. The third kappa shape index (κ3) is 5.40. The zero-order valence-electron chi connectivity index (χ0n) is 18.9. The summed E-state index contributed by atoms with van der Waals surface area (Å²) in [6.45, 7) is 1.17. The van der Waals surface area contributed by atoms with Crippen molar-refractivity contribution in [3.63, 3.8) is 0 Å². The molecule has 0 spiro atoms. The Hall–Kier alpha value is -3.59. The number of nitrogens with zero attached hydrogens (tertiary/aromatic N) is 2. The summed E-state index contributed by atoms with van der Waals surface area (Å²) in [7, 11) is 0. The van der Waals surface area contributed by atoms with Crippen molar-refractivity contribution in [1.29, 1.82) is 0 Å². The normalized spacial score (nSPS) is 15.2. The van der Waals surface area contributed by atoms with Crippen molar-refractivity contribution in [1.82, 2.24) is 9.88 Å². The van der Waals surface area contributed by atoms with E-state index >= 15 is 0 Å². The lowest BCUT2D eigenvalue weighted by molar-refractivity contribution is -0.121. The summed E-state index contributed by atoms with van der Waals surface area (Å²) in [4.78, 5) is 32.2. The van der Waals surface area contributed by atoms with Crippen LogP contribution in [0.5, 0.6) is 11.5 Å². The quantitative estimate of drug-likeness (QED) is 0.500. The Morgan fingerprint density at radius 2 is 1.83 bits per heavy atom. The number of rotatable bonds is 6. The van der Waals surface area contributed by atoms with Crippen LogP contribution in [0, 0.1) is 11.7 Å². The lowest BCUT2D eigenvalue weighted by Gasteiger charge is -2.31. The van der Waals surface area contributed by atoms with Crippen LogP contribution in [0.4, 0.5) is 10.1 Å². The van der Waals surface area contributed by atoms with Crippen LogP contribution in [0.25, 0.3) is 0 Å². The van der Waals surface area contributed by atoms with Crippen LogP contribution in [-0.2, 0) is 10.5 Å². The van der Waals surface area contributed by atoms with Crippen molar-refractivity contribution < 1.29 is 23.5 Å². The number of carbonyl (C=O) groups excluding carboxylic acids is 2. The van der Waals surface area contributed by atoms with E-state index in [1.807, 2.05) is 0 Å². The number of aromatic nitrogens is 1. The molecule has 5 rings (SSSR count). The Morgan fingerprint density at radius 1 is 1.06 bits per heavy atom. The number of halogens is 1. The van der Waals surface area contributed by atoms with Gasteiger partial charge in [0.1, 0.15) is 10.8 Å². The number of anilines is 1. The van der Waals surface area contributed by atoms with E-state index in [-0.39, 0.29) is 30.3 Å². The van der Waals surface area contributed by atoms with Crippen LogP contribution in [0.15, 0.2) is 65.8 Å². The first-order valence-electron chi connectivity index (χ1n) is 11.4. The third-order valence-electron chi connectivity index (χ3n) is 6.08. The molecule has 3 aromatic rings. The lowest BCUT2D eigenvalue weighted by atomic mass is 9.95. The molecule has 3 heterocycles. The standard InChI is InChI=1S/C26H24FN3O4S/c27-19-5-3-17(4-6-19)15-35-25-21(2-1-11-28-25)26(32)30-12-9-18(10-13-30)24(31)29-20-7-8-22-23(14-20)34-16-33-22/h1-8,11,14,18H,9-10,12-13,15-16H2,(H,29,31). The molecule has 2 aliphatic heterocycles. The highest BCUT2D eigenvalue weighted by atomic mass is 32.2. The minimum absolute atomic E-state index is 0.0621. The van der Waals surface area contributed by atoms with Gasteiger partial charge in [-0.25, -0.2) is 9.37 Å². The first kappa shape index (κ1) is 23.2. The second-order valence-corrected chi connectivity index (χ2v) is 9.36. The molecule has 1 saturated heterocycles. The highest BCUT2D eigenvalue weighted by Crippen LogP contribution is 2.34. The average molecular weight is 494 g/mol. The van der Waals surface area contributed by atoms with E-state index in [1.54, 1.807) is 53.6 Å². The zero-order valence-corrected chi connectivity index (χ0v) is 19.7. The van der Waals surface area contributed by atoms with Crippen molar-refractivity contribution >= 4 is 29.3 Å². The van der Waals surface area contributed by atoms with Gasteiger partial charge >= 0.3 is 0 Å². The minimum atomic E-state index is -0.277. The molecular weight excluding hydrogens is 469 g/mol. The van der Waals surface area contributed by atoms with Crippen LogP contribution in [0.1, 0.15) is 28.8 Å². The molecule has 0 unspecified atom stereocenters. The number of ether oxygens (including phenoxy) is 2. The molecule has 2 amide bonds. The number of likely N-dealkylation sites (tertiary alicyclic amines) is 1. The highest BCUT2D eigenvalue weighted by Gasteiger charge is 2.29. The maximum Gasteiger partial charge on any atom is 0.256 e. The SMILES string of the molecule is O=C(Nc1ccc2c(c1)OCO2)C1CCN(C(=O)c2cccnc2SCc2ccc(F)cc2)CC1. The highest BCUT2D eigenvalue weighted by molar-refractivity contribution is 7.98. The first-order valence-corrected chi connectivity index (χ1v) is 12.4. The van der Waals surface area contributed by atoms with Gasteiger partial charge in [-0.3, -0.25) is 9.59 Å². The summed E-state index contributed by atoms with van der Waals surface area (Å²) < 4.78 is 23.8. The van der Waals surface area contributed by atoms with Gasteiger partial charge in [-0.1, -0.05) is 12.1 Å². The molecule has 0 radical (unpaired) electrons. The molecule has 180 valence electrons. The summed E-state index contributed by atoms with van der Waals surface area (Å²) in [6.07, 6.45) is 2.83. The number of carbonyl (C=O) groups is 2. The molecule has 0 saturated carbocycles. The molecule has 9 heteroatoms. The van der Waals surface area contributed by atoms with Gasteiger partial charge in [-0.15, -0.1) is 11.8 Å². The van der Waals surface area contributed by atoms with Crippen LogP contribution >= 0.6 is 11.8 Å². The van der Waals surface area contributed by atoms with Crippen LogP contribution in [0.3, 0.4) is 0 Å². The smallest absolute Gasteiger partial charge is 0.256 e. The Kier molecular flexibility index (Phi) is 6.85. The van der Waals surface area contributed by atoms with E-state index in [0.29, 0.717) is 59.5 Å². The van der Waals surface area contributed by atoms with E-state index in [2.05, 4.69) is 10.3 Å². The van der Waals surface area contributed by atoms with Crippen molar-refractivity contribution in [2.45, 2.75) is 23.6 Å². The van der Waals surface area contributed by atoms with Crippen molar-refractivity contribution in [3.05, 3.63) is 77.7 Å². The lowest BCUT2D eigenvalue weighted by Crippen LogP contribution is -2.41. The van der Waals surface area contributed by atoms with Gasteiger partial charge in [0.25, 0.3) is 5.91 Å². The molecule has 2 aliphatic rings. The predicted octanol–water partition coefficient (Wildman–Crippen LogP) is 4.73. The van der Waals surface area contributed by atoms with Crippen LogP contribution < -0.4 is 14.8 Å². The Morgan fingerprint density at radius 3 is 2.63 bits per heavy atom. The number of piperidine rings is 1. The monoisotopic (exact) mass is 493 g/mol. The summed E-state index contributed by atoms with van der Waals surface area (Å²) in [5.74, 6) is 1.27. The molecule has 1 fully saturated rings. The van der Waals surface area contributed by atoms with Crippen molar-refractivity contribution in [2.75, 3.05) is 25.2 Å². The topological polar surface area (TPSA) is 80.8 Å². The van der Waals surface area contributed by atoms with Gasteiger partial charge < -0.3 is 19.7 Å². The van der Waals surface area contributed by atoms with Crippen LogP contribution in [-0.4, -0.2) is 41.6 Å². The van der Waals surface area contributed by atoms with Gasteiger partial charge in [0, 0.05) is 42.7 Å². The Balaban J connectivity index is 1.17. The van der Waals surface area contributed by atoms with E-state index in [0.717, 1.165) is 5.56 Å². The molecule has 0 bridgehead atoms. The summed E-state index contributed by atoms with van der Waals surface area (Å²) >= 11 is 1.45. The second-order valence-electron chi connectivity index (χ2n) is 8.40. The number of pyridine rings is 1. The Bertz CT molecular complexity index is 1230. The number of fused-ring (bicyclic) bond motifs is 1. The second kappa shape index (κ2) is 10.4.